The summed E-state index contributed by atoms with van der Waals surface area (Å²) in [6, 6.07) is 10.2. The fraction of sp³-hybridized carbons (Fsp3) is 0.250. The third kappa shape index (κ3) is 4.84. The van der Waals surface area contributed by atoms with Crippen LogP contribution in [0.4, 0.5) is 5.69 Å². The SMILES string of the molecule is COC(=O)c1ccc(C)c(N=Cc2cccc(OC)c2O[C@@H](C)C(=O)O)c1. The van der Waals surface area contributed by atoms with E-state index in [1.54, 1.807) is 36.4 Å². The van der Waals surface area contributed by atoms with Crippen molar-refractivity contribution in [2.75, 3.05) is 14.2 Å². The van der Waals surface area contributed by atoms with E-state index in [0.29, 0.717) is 22.6 Å². The molecule has 2 aromatic carbocycles. The number of aliphatic carboxylic acids is 1. The van der Waals surface area contributed by atoms with Gasteiger partial charge in [0, 0.05) is 11.8 Å². The summed E-state index contributed by atoms with van der Waals surface area (Å²) in [5, 5.41) is 9.10. The Morgan fingerprint density at radius 1 is 1.19 bits per heavy atom. The maximum absolute atomic E-state index is 11.7. The van der Waals surface area contributed by atoms with Gasteiger partial charge in [0.25, 0.3) is 0 Å². The Bertz CT molecular complexity index is 875. The van der Waals surface area contributed by atoms with Gasteiger partial charge in [-0.25, -0.2) is 9.59 Å². The molecule has 0 aliphatic heterocycles. The predicted octanol–water partition coefficient (Wildman–Crippen LogP) is 3.39. The van der Waals surface area contributed by atoms with Crippen molar-refractivity contribution in [3.63, 3.8) is 0 Å². The van der Waals surface area contributed by atoms with Gasteiger partial charge in [-0.05, 0) is 43.7 Å². The van der Waals surface area contributed by atoms with Gasteiger partial charge in [-0.3, -0.25) is 4.99 Å². The molecule has 1 atom stereocenters. The molecule has 0 aliphatic rings. The van der Waals surface area contributed by atoms with Crippen LogP contribution in [0.25, 0.3) is 0 Å². The van der Waals surface area contributed by atoms with E-state index in [2.05, 4.69) is 4.99 Å². The number of hydrogen-bond donors (Lipinski definition) is 1. The zero-order valence-corrected chi connectivity index (χ0v) is 15.6. The average molecular weight is 371 g/mol. The molecule has 0 unspecified atom stereocenters. The molecule has 142 valence electrons. The van der Waals surface area contributed by atoms with E-state index in [-0.39, 0.29) is 5.75 Å². The smallest absolute Gasteiger partial charge is 0.344 e. The molecule has 0 aromatic heterocycles. The summed E-state index contributed by atoms with van der Waals surface area (Å²) in [5.41, 5.74) is 2.38. The lowest BCUT2D eigenvalue weighted by Crippen LogP contribution is -2.23. The van der Waals surface area contributed by atoms with Gasteiger partial charge in [0.2, 0.25) is 0 Å². The van der Waals surface area contributed by atoms with E-state index in [0.717, 1.165) is 5.56 Å². The van der Waals surface area contributed by atoms with Crippen LogP contribution in [0.15, 0.2) is 41.4 Å². The van der Waals surface area contributed by atoms with Crippen LogP contribution in [0, 0.1) is 6.92 Å². The minimum atomic E-state index is -1.09. The normalized spacial score (nSPS) is 11.9. The number of methoxy groups -OCH3 is 2. The van der Waals surface area contributed by atoms with Crippen LogP contribution in [-0.2, 0) is 9.53 Å². The van der Waals surface area contributed by atoms with Crippen LogP contribution >= 0.6 is 0 Å². The molecule has 0 spiro atoms. The second-order valence-corrected chi connectivity index (χ2v) is 5.73. The highest BCUT2D eigenvalue weighted by Gasteiger charge is 2.18. The first-order chi connectivity index (χ1) is 12.9. The van der Waals surface area contributed by atoms with E-state index in [1.165, 1.54) is 27.4 Å². The molecule has 27 heavy (non-hydrogen) atoms. The molecule has 0 bridgehead atoms. The number of carbonyl (C=O) groups is 2. The molecule has 0 fully saturated rings. The monoisotopic (exact) mass is 371 g/mol. The average Bonchev–Trinajstić information content (AvgIpc) is 2.67. The second kappa shape index (κ2) is 8.84. The van der Waals surface area contributed by atoms with Gasteiger partial charge in [0.05, 0.1) is 25.5 Å². The van der Waals surface area contributed by atoms with Crippen LogP contribution < -0.4 is 9.47 Å². The number of hydrogen-bond acceptors (Lipinski definition) is 6. The van der Waals surface area contributed by atoms with E-state index in [9.17, 15) is 9.59 Å². The van der Waals surface area contributed by atoms with Crippen molar-refractivity contribution in [2.45, 2.75) is 20.0 Å². The van der Waals surface area contributed by atoms with Gasteiger partial charge in [-0.2, -0.15) is 0 Å². The summed E-state index contributed by atoms with van der Waals surface area (Å²) in [6.07, 6.45) is 0.480. The molecular weight excluding hydrogens is 350 g/mol. The minimum absolute atomic E-state index is 0.278. The van der Waals surface area contributed by atoms with Gasteiger partial charge < -0.3 is 19.3 Å². The molecule has 0 heterocycles. The summed E-state index contributed by atoms with van der Waals surface area (Å²) in [5.74, 6) is -0.870. The number of nitrogens with zero attached hydrogens (tertiary/aromatic N) is 1. The quantitative estimate of drug-likeness (QED) is 0.592. The molecule has 0 saturated carbocycles. The topological polar surface area (TPSA) is 94.4 Å². The van der Waals surface area contributed by atoms with Crippen molar-refractivity contribution in [1.82, 2.24) is 0 Å². The number of esters is 1. The van der Waals surface area contributed by atoms with Crippen molar-refractivity contribution in [1.29, 1.82) is 0 Å². The van der Waals surface area contributed by atoms with Gasteiger partial charge in [0.1, 0.15) is 0 Å². The molecule has 1 N–H and O–H groups in total. The van der Waals surface area contributed by atoms with Gasteiger partial charge in [-0.15, -0.1) is 0 Å². The third-order valence-electron chi connectivity index (χ3n) is 3.84. The van der Waals surface area contributed by atoms with Gasteiger partial charge >= 0.3 is 11.9 Å². The van der Waals surface area contributed by atoms with Crippen molar-refractivity contribution in [2.24, 2.45) is 4.99 Å². The maximum atomic E-state index is 11.7. The van der Waals surface area contributed by atoms with E-state index >= 15 is 0 Å². The van der Waals surface area contributed by atoms with Crippen molar-refractivity contribution < 1.29 is 28.9 Å². The second-order valence-electron chi connectivity index (χ2n) is 5.73. The number of para-hydroxylation sites is 1. The largest absolute Gasteiger partial charge is 0.493 e. The Hall–Kier alpha value is -3.35. The van der Waals surface area contributed by atoms with E-state index in [1.807, 2.05) is 6.92 Å². The van der Waals surface area contributed by atoms with Crippen molar-refractivity contribution in [3.05, 3.63) is 53.1 Å². The Morgan fingerprint density at radius 3 is 2.56 bits per heavy atom. The summed E-state index contributed by atoms with van der Waals surface area (Å²) < 4.78 is 15.5. The fourth-order valence-electron chi connectivity index (χ4n) is 2.28. The summed E-state index contributed by atoms with van der Waals surface area (Å²) >= 11 is 0. The van der Waals surface area contributed by atoms with Crippen LogP contribution in [-0.4, -0.2) is 43.6 Å². The Kier molecular flexibility index (Phi) is 6.54. The summed E-state index contributed by atoms with van der Waals surface area (Å²) in [4.78, 5) is 27.3. The fourth-order valence-corrected chi connectivity index (χ4v) is 2.28. The highest BCUT2D eigenvalue weighted by Crippen LogP contribution is 2.31. The summed E-state index contributed by atoms with van der Waals surface area (Å²) in [6.45, 7) is 3.29. The van der Waals surface area contributed by atoms with Crippen molar-refractivity contribution >= 4 is 23.8 Å². The third-order valence-corrected chi connectivity index (χ3v) is 3.84. The Morgan fingerprint density at radius 2 is 1.93 bits per heavy atom. The number of ether oxygens (including phenoxy) is 3. The number of aryl methyl sites for hydroxylation is 1. The van der Waals surface area contributed by atoms with Crippen molar-refractivity contribution in [3.8, 4) is 11.5 Å². The number of carbonyl (C=O) groups excluding carboxylic acids is 1. The predicted molar refractivity (Wildman–Crippen MR) is 100 cm³/mol. The molecule has 2 aromatic rings. The number of rotatable bonds is 7. The van der Waals surface area contributed by atoms with E-state index < -0.39 is 18.0 Å². The Balaban J connectivity index is 2.42. The lowest BCUT2D eigenvalue weighted by Gasteiger charge is -2.15. The highest BCUT2D eigenvalue weighted by molar-refractivity contribution is 5.92. The molecule has 0 radical (unpaired) electrons. The number of carboxylic acid groups (broad SMARTS) is 1. The Labute approximate surface area is 157 Å². The number of benzene rings is 2. The first kappa shape index (κ1) is 20.0. The molecule has 2 rings (SSSR count). The number of carboxylic acids is 1. The summed E-state index contributed by atoms with van der Waals surface area (Å²) in [7, 11) is 2.78. The molecule has 0 saturated heterocycles. The molecule has 7 nitrogen and oxygen atoms in total. The molecule has 0 amide bonds. The lowest BCUT2D eigenvalue weighted by atomic mass is 10.1. The highest BCUT2D eigenvalue weighted by atomic mass is 16.5. The number of aliphatic imine (C=N–C) groups is 1. The first-order valence-corrected chi connectivity index (χ1v) is 8.16. The molecule has 0 aliphatic carbocycles. The van der Waals surface area contributed by atoms with Crippen LogP contribution in [0.2, 0.25) is 0 Å². The van der Waals surface area contributed by atoms with Crippen LogP contribution in [0.3, 0.4) is 0 Å². The molecule has 7 heteroatoms. The van der Waals surface area contributed by atoms with E-state index in [4.69, 9.17) is 19.3 Å². The van der Waals surface area contributed by atoms with Gasteiger partial charge in [-0.1, -0.05) is 12.1 Å². The maximum Gasteiger partial charge on any atom is 0.344 e. The minimum Gasteiger partial charge on any atom is -0.493 e. The van der Waals surface area contributed by atoms with Gasteiger partial charge in [0.15, 0.2) is 17.6 Å². The molecular formula is C20H21NO6. The standard InChI is InChI=1S/C20H21NO6/c1-12-8-9-14(20(24)26-4)10-16(12)21-11-15-6-5-7-17(25-3)18(15)27-13(2)19(22)23/h5-11,13H,1-4H3,(H,22,23)/t13-/m0/s1. The zero-order chi connectivity index (χ0) is 20.0. The van der Waals surface area contributed by atoms with Crippen LogP contribution in [0.5, 0.6) is 11.5 Å². The first-order valence-electron chi connectivity index (χ1n) is 8.16. The van der Waals surface area contributed by atoms with Crippen LogP contribution in [0.1, 0.15) is 28.4 Å². The lowest BCUT2D eigenvalue weighted by molar-refractivity contribution is -0.144. The zero-order valence-electron chi connectivity index (χ0n) is 15.6.